The second-order valence-electron chi connectivity index (χ2n) is 4.15. The molecule has 0 spiro atoms. The van der Waals surface area contributed by atoms with Gasteiger partial charge in [0.1, 0.15) is 17.1 Å². The first-order valence-electron chi connectivity index (χ1n) is 5.82. The molecule has 21 heavy (non-hydrogen) atoms. The van der Waals surface area contributed by atoms with Gasteiger partial charge in [-0.25, -0.2) is 10.2 Å². The van der Waals surface area contributed by atoms with Gasteiger partial charge in [0.05, 0.1) is 5.71 Å². The molecule has 0 atom stereocenters. The summed E-state index contributed by atoms with van der Waals surface area (Å²) >= 11 is 3.07. The SMILES string of the molecule is C/C(=N\NC(=O)c1ccc(Br)o1)c1c(O)cc(C)oc1=O. The maximum absolute atomic E-state index is 11.7. The minimum absolute atomic E-state index is 0.0542. The van der Waals surface area contributed by atoms with Crippen LogP contribution in [0.2, 0.25) is 0 Å². The van der Waals surface area contributed by atoms with E-state index in [1.54, 1.807) is 6.07 Å². The number of nitrogens with zero attached hydrogens (tertiary/aromatic N) is 1. The highest BCUT2D eigenvalue weighted by atomic mass is 79.9. The third-order valence-electron chi connectivity index (χ3n) is 2.54. The van der Waals surface area contributed by atoms with Crippen LogP contribution in [0.5, 0.6) is 5.75 Å². The Morgan fingerprint density at radius 1 is 1.38 bits per heavy atom. The molecule has 0 saturated heterocycles. The minimum atomic E-state index is -0.733. The maximum atomic E-state index is 11.7. The van der Waals surface area contributed by atoms with Gasteiger partial charge in [-0.15, -0.1) is 0 Å². The Balaban J connectivity index is 2.22. The van der Waals surface area contributed by atoms with Crippen LogP contribution in [0.1, 0.15) is 28.8 Å². The summed E-state index contributed by atoms with van der Waals surface area (Å²) in [5, 5.41) is 13.5. The van der Waals surface area contributed by atoms with Gasteiger partial charge < -0.3 is 13.9 Å². The highest BCUT2D eigenvalue weighted by Crippen LogP contribution is 2.16. The van der Waals surface area contributed by atoms with Crippen molar-refractivity contribution in [2.45, 2.75) is 13.8 Å². The molecule has 0 bridgehead atoms. The van der Waals surface area contributed by atoms with Crippen LogP contribution in [0, 0.1) is 6.92 Å². The molecule has 0 unspecified atom stereocenters. The summed E-state index contributed by atoms with van der Waals surface area (Å²) < 4.78 is 10.3. The number of halogens is 1. The molecule has 0 aliphatic rings. The lowest BCUT2D eigenvalue weighted by Gasteiger charge is -2.03. The van der Waals surface area contributed by atoms with Crippen LogP contribution in [0.25, 0.3) is 0 Å². The van der Waals surface area contributed by atoms with Crippen LogP contribution < -0.4 is 11.1 Å². The minimum Gasteiger partial charge on any atom is -0.507 e. The summed E-state index contributed by atoms with van der Waals surface area (Å²) in [6.07, 6.45) is 0. The lowest BCUT2D eigenvalue weighted by molar-refractivity contribution is 0.0926. The van der Waals surface area contributed by atoms with Gasteiger partial charge in [0.15, 0.2) is 10.4 Å². The Bertz CT molecular complexity index is 775. The van der Waals surface area contributed by atoms with Crippen LogP contribution in [-0.2, 0) is 0 Å². The van der Waals surface area contributed by atoms with Gasteiger partial charge in [-0.1, -0.05) is 0 Å². The highest BCUT2D eigenvalue weighted by Gasteiger charge is 2.14. The average molecular weight is 355 g/mol. The molecule has 2 aromatic rings. The molecule has 7 nitrogen and oxygen atoms in total. The van der Waals surface area contributed by atoms with Crippen LogP contribution >= 0.6 is 15.9 Å². The summed E-state index contributed by atoms with van der Waals surface area (Å²) in [4.78, 5) is 23.4. The van der Waals surface area contributed by atoms with Crippen LogP contribution in [0.3, 0.4) is 0 Å². The molecule has 1 amide bonds. The zero-order chi connectivity index (χ0) is 15.6. The van der Waals surface area contributed by atoms with Crippen molar-refractivity contribution in [3.63, 3.8) is 0 Å². The molecule has 0 fully saturated rings. The van der Waals surface area contributed by atoms with E-state index in [0.717, 1.165) is 0 Å². The molecule has 0 saturated carbocycles. The first-order valence-corrected chi connectivity index (χ1v) is 6.62. The summed E-state index contributed by atoms with van der Waals surface area (Å²) in [6, 6.07) is 4.31. The van der Waals surface area contributed by atoms with Crippen molar-refractivity contribution >= 4 is 27.5 Å². The fraction of sp³-hybridized carbons (Fsp3) is 0.154. The molecule has 2 aromatic heterocycles. The predicted octanol–water partition coefficient (Wildman–Crippen LogP) is 2.16. The first kappa shape index (κ1) is 15.0. The zero-order valence-corrected chi connectivity index (χ0v) is 12.7. The highest BCUT2D eigenvalue weighted by molar-refractivity contribution is 9.10. The molecule has 0 aliphatic carbocycles. The van der Waals surface area contributed by atoms with Crippen LogP contribution in [0.4, 0.5) is 0 Å². The van der Waals surface area contributed by atoms with E-state index in [-0.39, 0.29) is 28.5 Å². The van der Waals surface area contributed by atoms with E-state index in [9.17, 15) is 14.7 Å². The van der Waals surface area contributed by atoms with Gasteiger partial charge in [-0.2, -0.15) is 5.10 Å². The van der Waals surface area contributed by atoms with Gasteiger partial charge in [0.25, 0.3) is 0 Å². The van der Waals surface area contributed by atoms with E-state index < -0.39 is 11.5 Å². The van der Waals surface area contributed by atoms with Gasteiger partial charge in [-0.3, -0.25) is 4.79 Å². The third kappa shape index (κ3) is 3.40. The van der Waals surface area contributed by atoms with Crippen molar-refractivity contribution in [3.8, 4) is 5.75 Å². The lowest BCUT2D eigenvalue weighted by Crippen LogP contribution is -2.21. The van der Waals surface area contributed by atoms with Crippen molar-refractivity contribution in [3.05, 3.63) is 50.4 Å². The fourth-order valence-corrected chi connectivity index (χ4v) is 1.92. The second-order valence-corrected chi connectivity index (χ2v) is 4.93. The summed E-state index contributed by atoms with van der Waals surface area (Å²) in [6.45, 7) is 2.99. The van der Waals surface area contributed by atoms with E-state index >= 15 is 0 Å². The Labute approximate surface area is 127 Å². The molecule has 0 radical (unpaired) electrons. The second kappa shape index (κ2) is 5.96. The number of carbonyl (C=O) groups excluding carboxylic acids is 1. The van der Waals surface area contributed by atoms with E-state index in [2.05, 4.69) is 26.5 Å². The van der Waals surface area contributed by atoms with Crippen molar-refractivity contribution in [2.75, 3.05) is 0 Å². The number of rotatable bonds is 3. The number of amides is 1. The number of carbonyl (C=O) groups is 1. The zero-order valence-electron chi connectivity index (χ0n) is 11.1. The lowest BCUT2D eigenvalue weighted by atomic mass is 10.2. The smallest absolute Gasteiger partial charge is 0.348 e. The number of aryl methyl sites for hydroxylation is 1. The Morgan fingerprint density at radius 2 is 2.10 bits per heavy atom. The maximum Gasteiger partial charge on any atom is 0.348 e. The number of hydrogen-bond acceptors (Lipinski definition) is 6. The first-order chi connectivity index (χ1) is 9.88. The van der Waals surface area contributed by atoms with E-state index in [1.807, 2.05) is 0 Å². The van der Waals surface area contributed by atoms with Gasteiger partial charge >= 0.3 is 11.5 Å². The van der Waals surface area contributed by atoms with Crippen molar-refractivity contribution in [1.29, 1.82) is 0 Å². The third-order valence-corrected chi connectivity index (χ3v) is 2.96. The van der Waals surface area contributed by atoms with E-state index in [0.29, 0.717) is 4.67 Å². The molecular weight excluding hydrogens is 344 g/mol. The predicted molar refractivity (Wildman–Crippen MR) is 77.5 cm³/mol. The quantitative estimate of drug-likeness (QED) is 0.649. The number of furan rings is 1. The van der Waals surface area contributed by atoms with E-state index in [1.165, 1.54) is 26.0 Å². The van der Waals surface area contributed by atoms with Gasteiger partial charge in [0, 0.05) is 6.07 Å². The Hall–Kier alpha value is -2.35. The molecule has 0 aliphatic heterocycles. The molecule has 0 aromatic carbocycles. The van der Waals surface area contributed by atoms with Gasteiger partial charge in [-0.05, 0) is 41.9 Å². The van der Waals surface area contributed by atoms with Crippen molar-refractivity contribution in [1.82, 2.24) is 5.43 Å². The monoisotopic (exact) mass is 354 g/mol. The Kier molecular flexibility index (Phi) is 4.27. The molecular formula is C13H11BrN2O5. The average Bonchev–Trinajstić information content (AvgIpc) is 2.81. The van der Waals surface area contributed by atoms with Crippen molar-refractivity contribution < 1.29 is 18.7 Å². The number of aromatic hydroxyl groups is 1. The normalized spacial score (nSPS) is 11.5. The largest absolute Gasteiger partial charge is 0.507 e. The molecule has 110 valence electrons. The standard InChI is InChI=1S/C13H11BrN2O5/c1-6-5-8(17)11(13(19)20-6)7(2)15-16-12(18)9-3-4-10(14)21-9/h3-5,17H,1-2H3,(H,16,18)/b15-7+. The molecule has 8 heteroatoms. The van der Waals surface area contributed by atoms with Crippen molar-refractivity contribution in [2.24, 2.45) is 5.10 Å². The molecule has 2 heterocycles. The number of hydrogen-bond donors (Lipinski definition) is 2. The fourth-order valence-electron chi connectivity index (χ4n) is 1.61. The summed E-state index contributed by atoms with van der Waals surface area (Å²) in [5.41, 5.74) is 1.49. The van der Waals surface area contributed by atoms with Crippen LogP contribution in [0.15, 0.2) is 41.6 Å². The summed E-state index contributed by atoms with van der Waals surface area (Å²) in [5.74, 6) is -0.520. The Morgan fingerprint density at radius 3 is 2.67 bits per heavy atom. The molecule has 2 rings (SSSR count). The topological polar surface area (TPSA) is 105 Å². The number of hydrazone groups is 1. The summed E-state index contributed by atoms with van der Waals surface area (Å²) in [7, 11) is 0. The van der Waals surface area contributed by atoms with Gasteiger partial charge in [0.2, 0.25) is 0 Å². The molecule has 2 N–H and O–H groups in total. The number of nitrogens with one attached hydrogen (secondary N) is 1. The van der Waals surface area contributed by atoms with E-state index in [4.69, 9.17) is 8.83 Å². The van der Waals surface area contributed by atoms with Crippen LogP contribution in [-0.4, -0.2) is 16.7 Å².